The molecule has 0 saturated heterocycles. The predicted octanol–water partition coefficient (Wildman–Crippen LogP) is 2.08. The van der Waals surface area contributed by atoms with E-state index in [1.165, 1.54) is 32.1 Å². The molecule has 1 atom stereocenters. The summed E-state index contributed by atoms with van der Waals surface area (Å²) in [4.78, 5) is 12.4. The van der Waals surface area contributed by atoms with E-state index >= 15 is 0 Å². The fourth-order valence-electron chi connectivity index (χ4n) is 5.41. The van der Waals surface area contributed by atoms with Gasteiger partial charge < -0.3 is 11.1 Å². The molecule has 0 spiro atoms. The van der Waals surface area contributed by atoms with Crippen LogP contribution >= 0.6 is 0 Å². The first-order valence-corrected chi connectivity index (χ1v) is 7.70. The van der Waals surface area contributed by atoms with Gasteiger partial charge in [0.25, 0.3) is 0 Å². The molecule has 4 aliphatic carbocycles. The van der Waals surface area contributed by atoms with Crippen molar-refractivity contribution in [2.45, 2.75) is 44.6 Å². The highest BCUT2D eigenvalue weighted by atomic mass is 16.2. The topological polar surface area (TPSA) is 55.1 Å². The van der Waals surface area contributed by atoms with Gasteiger partial charge in [-0.25, -0.2) is 0 Å². The van der Waals surface area contributed by atoms with E-state index in [9.17, 15) is 4.79 Å². The van der Waals surface area contributed by atoms with Crippen LogP contribution in [-0.2, 0) is 4.79 Å². The average Bonchev–Trinajstić information content (AvgIpc) is 2.34. The highest BCUT2D eigenvalue weighted by Gasteiger charge is 2.55. The maximum atomic E-state index is 12.4. The van der Waals surface area contributed by atoms with Gasteiger partial charge in [-0.2, -0.15) is 0 Å². The van der Waals surface area contributed by atoms with Gasteiger partial charge in [0.15, 0.2) is 0 Å². The Kier molecular flexibility index (Phi) is 3.20. The van der Waals surface area contributed by atoms with Crippen LogP contribution < -0.4 is 11.1 Å². The summed E-state index contributed by atoms with van der Waals surface area (Å²) in [7, 11) is 0. The second-order valence-electron chi connectivity index (χ2n) is 7.24. The van der Waals surface area contributed by atoms with Crippen LogP contribution in [0.3, 0.4) is 0 Å². The Labute approximate surface area is 116 Å². The number of rotatable bonds is 4. The van der Waals surface area contributed by atoms with Crippen LogP contribution in [0.4, 0.5) is 0 Å². The average molecular weight is 262 g/mol. The van der Waals surface area contributed by atoms with Crippen LogP contribution in [0.5, 0.6) is 0 Å². The summed E-state index contributed by atoms with van der Waals surface area (Å²) < 4.78 is 0. The van der Waals surface area contributed by atoms with Crippen molar-refractivity contribution in [3.05, 3.63) is 12.7 Å². The maximum Gasteiger partial charge on any atom is 0.240 e. The van der Waals surface area contributed by atoms with E-state index in [1.807, 2.05) is 6.92 Å². The van der Waals surface area contributed by atoms with Gasteiger partial charge in [0.2, 0.25) is 5.91 Å². The second-order valence-corrected chi connectivity index (χ2v) is 7.24. The van der Waals surface area contributed by atoms with Crippen molar-refractivity contribution in [2.24, 2.45) is 35.3 Å². The molecule has 0 heterocycles. The first-order chi connectivity index (χ1) is 9.02. The minimum atomic E-state index is -0.717. The molecule has 0 aromatic heterocycles. The Morgan fingerprint density at radius 3 is 2.26 bits per heavy atom. The molecule has 1 amide bonds. The molecule has 4 aliphatic rings. The van der Waals surface area contributed by atoms with E-state index in [2.05, 4.69) is 11.9 Å². The molecular formula is C16H26N2O. The van der Waals surface area contributed by atoms with Crippen LogP contribution in [0.25, 0.3) is 0 Å². The lowest BCUT2D eigenvalue weighted by Gasteiger charge is -2.58. The van der Waals surface area contributed by atoms with Crippen molar-refractivity contribution in [3.63, 3.8) is 0 Å². The number of hydrogen-bond donors (Lipinski definition) is 2. The standard InChI is InChI=1S/C16H26N2O/c1-3-4-18-15(19)16(2,17)14-12-6-10-5-11(8-12)9-13(14)7-10/h3,10-14H,1,4-9,17H2,2H3,(H,18,19). The molecule has 3 nitrogen and oxygen atoms in total. The zero-order valence-corrected chi connectivity index (χ0v) is 11.9. The molecule has 19 heavy (non-hydrogen) atoms. The molecule has 4 fully saturated rings. The van der Waals surface area contributed by atoms with E-state index in [0.717, 1.165) is 11.8 Å². The highest BCUT2D eigenvalue weighted by molar-refractivity contribution is 5.86. The smallest absolute Gasteiger partial charge is 0.240 e. The van der Waals surface area contributed by atoms with E-state index in [4.69, 9.17) is 5.73 Å². The summed E-state index contributed by atoms with van der Waals surface area (Å²) in [6.07, 6.45) is 8.37. The van der Waals surface area contributed by atoms with Crippen LogP contribution in [-0.4, -0.2) is 18.0 Å². The summed E-state index contributed by atoms with van der Waals surface area (Å²) in [5.41, 5.74) is 5.76. The van der Waals surface area contributed by atoms with Gasteiger partial charge in [0, 0.05) is 6.54 Å². The third-order valence-corrected chi connectivity index (χ3v) is 5.82. The van der Waals surface area contributed by atoms with Crippen molar-refractivity contribution in [1.82, 2.24) is 5.32 Å². The molecule has 0 aliphatic heterocycles. The van der Waals surface area contributed by atoms with Crippen molar-refractivity contribution >= 4 is 5.91 Å². The van der Waals surface area contributed by atoms with Gasteiger partial charge in [0.05, 0.1) is 5.54 Å². The van der Waals surface area contributed by atoms with Gasteiger partial charge in [0.1, 0.15) is 0 Å². The molecule has 1 unspecified atom stereocenters. The number of amides is 1. The summed E-state index contributed by atoms with van der Waals surface area (Å²) in [6.45, 7) is 6.10. The lowest BCUT2D eigenvalue weighted by atomic mass is 9.48. The van der Waals surface area contributed by atoms with E-state index in [0.29, 0.717) is 24.3 Å². The lowest BCUT2D eigenvalue weighted by Crippen LogP contribution is -2.64. The first kappa shape index (κ1) is 13.2. The fourth-order valence-corrected chi connectivity index (χ4v) is 5.41. The normalized spacial score (nSPS) is 42.7. The van der Waals surface area contributed by atoms with Gasteiger partial charge in [-0.1, -0.05) is 6.08 Å². The van der Waals surface area contributed by atoms with Gasteiger partial charge in [-0.3, -0.25) is 4.79 Å². The molecule has 3 N–H and O–H groups in total. The minimum absolute atomic E-state index is 0.00451. The van der Waals surface area contributed by atoms with Crippen molar-refractivity contribution < 1.29 is 4.79 Å². The third-order valence-electron chi connectivity index (χ3n) is 5.82. The SMILES string of the molecule is C=CCNC(=O)C(C)(N)C1C2CC3CC(C2)CC1C3. The molecule has 3 heteroatoms. The number of carbonyl (C=O) groups excluding carboxylic acids is 1. The molecular weight excluding hydrogens is 236 g/mol. The van der Waals surface area contributed by atoms with Crippen LogP contribution in [0.2, 0.25) is 0 Å². The molecule has 0 radical (unpaired) electrons. The van der Waals surface area contributed by atoms with Crippen LogP contribution in [0, 0.1) is 29.6 Å². The van der Waals surface area contributed by atoms with Crippen LogP contribution in [0.15, 0.2) is 12.7 Å². The number of nitrogens with two attached hydrogens (primary N) is 1. The van der Waals surface area contributed by atoms with E-state index < -0.39 is 5.54 Å². The maximum absolute atomic E-state index is 12.4. The second kappa shape index (κ2) is 4.62. The van der Waals surface area contributed by atoms with Crippen molar-refractivity contribution in [3.8, 4) is 0 Å². The zero-order valence-electron chi connectivity index (χ0n) is 11.9. The molecule has 0 aromatic rings. The fraction of sp³-hybridized carbons (Fsp3) is 0.812. The Morgan fingerprint density at radius 2 is 1.79 bits per heavy atom. The Bertz CT molecular complexity index is 360. The lowest BCUT2D eigenvalue weighted by molar-refractivity contribution is -0.136. The molecule has 4 bridgehead atoms. The van der Waals surface area contributed by atoms with Crippen molar-refractivity contribution in [1.29, 1.82) is 0 Å². The highest BCUT2D eigenvalue weighted by Crippen LogP contribution is 2.58. The quantitative estimate of drug-likeness (QED) is 0.762. The Hall–Kier alpha value is -0.830. The van der Waals surface area contributed by atoms with Crippen LogP contribution in [0.1, 0.15) is 39.0 Å². The van der Waals surface area contributed by atoms with Crippen molar-refractivity contribution in [2.75, 3.05) is 6.54 Å². The molecule has 4 saturated carbocycles. The summed E-state index contributed by atoms with van der Waals surface area (Å²) in [5, 5.41) is 2.90. The van der Waals surface area contributed by atoms with E-state index in [1.54, 1.807) is 6.08 Å². The number of nitrogens with one attached hydrogen (secondary N) is 1. The number of carbonyl (C=O) groups is 1. The molecule has 4 rings (SSSR count). The number of hydrogen-bond acceptors (Lipinski definition) is 2. The third kappa shape index (κ3) is 2.12. The summed E-state index contributed by atoms with van der Waals surface area (Å²) >= 11 is 0. The van der Waals surface area contributed by atoms with Gasteiger partial charge >= 0.3 is 0 Å². The summed E-state index contributed by atoms with van der Waals surface area (Å²) in [6, 6.07) is 0. The van der Waals surface area contributed by atoms with Gasteiger partial charge in [-0.05, 0) is 68.6 Å². The summed E-state index contributed by atoms with van der Waals surface area (Å²) in [5.74, 6) is 3.59. The predicted molar refractivity (Wildman–Crippen MR) is 76.3 cm³/mol. The minimum Gasteiger partial charge on any atom is -0.351 e. The van der Waals surface area contributed by atoms with E-state index in [-0.39, 0.29) is 5.91 Å². The molecule has 0 aromatic carbocycles. The largest absolute Gasteiger partial charge is 0.351 e. The monoisotopic (exact) mass is 262 g/mol. The van der Waals surface area contributed by atoms with Gasteiger partial charge in [-0.15, -0.1) is 6.58 Å². The zero-order chi connectivity index (χ0) is 13.6. The first-order valence-electron chi connectivity index (χ1n) is 7.70. The Balaban J connectivity index is 1.77. The Morgan fingerprint density at radius 1 is 1.26 bits per heavy atom. The molecule has 106 valence electrons.